The van der Waals surface area contributed by atoms with E-state index in [1.807, 2.05) is 0 Å². The van der Waals surface area contributed by atoms with Crippen molar-refractivity contribution >= 4 is 0 Å². The second kappa shape index (κ2) is 5.23. The van der Waals surface area contributed by atoms with E-state index in [0.29, 0.717) is 11.5 Å². The lowest BCUT2D eigenvalue weighted by Gasteiger charge is -2.59. The zero-order valence-electron chi connectivity index (χ0n) is 14.1. The minimum atomic E-state index is 0.435. The molecule has 1 saturated heterocycles. The van der Waals surface area contributed by atoms with Gasteiger partial charge < -0.3 is 5.73 Å². The number of nitrogens with two attached hydrogens (primary N) is 1. The maximum Gasteiger partial charge on any atom is 0.0225 e. The summed E-state index contributed by atoms with van der Waals surface area (Å²) in [6, 6.07) is 1.23. The lowest BCUT2D eigenvalue weighted by atomic mass is 9.48. The van der Waals surface area contributed by atoms with Crippen molar-refractivity contribution in [2.75, 3.05) is 13.1 Å². The molecule has 4 bridgehead atoms. The molecule has 0 aromatic rings. The van der Waals surface area contributed by atoms with E-state index in [-0.39, 0.29) is 0 Å². The molecule has 2 N–H and O–H groups in total. The first kappa shape index (κ1) is 14.5. The summed E-state index contributed by atoms with van der Waals surface area (Å²) in [4.78, 5) is 2.74. The molecule has 2 nitrogen and oxygen atoms in total. The number of hydrogen-bond acceptors (Lipinski definition) is 2. The fraction of sp³-hybridized carbons (Fsp3) is 1.00. The van der Waals surface area contributed by atoms with Crippen molar-refractivity contribution in [3.05, 3.63) is 0 Å². The summed E-state index contributed by atoms with van der Waals surface area (Å²) in [5, 5.41) is 0. The molecule has 2 unspecified atom stereocenters. The standard InChI is InChI=1S/C19H34N2/c1-13(2)17-4-3-5-21(17)12-18(20)19-9-14-6-15(10-19)8-16(7-14)11-19/h13-18H,3-12,20H2,1-2H3. The lowest BCUT2D eigenvalue weighted by Crippen LogP contribution is -2.58. The first-order valence-corrected chi connectivity index (χ1v) is 9.55. The summed E-state index contributed by atoms with van der Waals surface area (Å²) in [7, 11) is 0. The van der Waals surface area contributed by atoms with E-state index in [4.69, 9.17) is 5.73 Å². The molecule has 0 amide bonds. The molecule has 4 aliphatic carbocycles. The van der Waals surface area contributed by atoms with Gasteiger partial charge >= 0.3 is 0 Å². The molecule has 0 aromatic carbocycles. The van der Waals surface area contributed by atoms with E-state index in [1.54, 1.807) is 0 Å². The van der Waals surface area contributed by atoms with E-state index < -0.39 is 0 Å². The van der Waals surface area contributed by atoms with Gasteiger partial charge in [0.25, 0.3) is 0 Å². The van der Waals surface area contributed by atoms with E-state index in [1.165, 1.54) is 64.5 Å². The van der Waals surface area contributed by atoms with Crippen LogP contribution in [-0.2, 0) is 0 Å². The van der Waals surface area contributed by atoms with Gasteiger partial charge in [0.15, 0.2) is 0 Å². The number of nitrogens with zero attached hydrogens (tertiary/aromatic N) is 1. The van der Waals surface area contributed by atoms with Crippen LogP contribution in [0.4, 0.5) is 0 Å². The van der Waals surface area contributed by atoms with Crippen molar-refractivity contribution < 1.29 is 0 Å². The summed E-state index contributed by atoms with van der Waals surface area (Å²) in [6.07, 6.45) is 11.8. The van der Waals surface area contributed by atoms with Crippen molar-refractivity contribution in [1.29, 1.82) is 0 Å². The van der Waals surface area contributed by atoms with Crippen LogP contribution in [0.15, 0.2) is 0 Å². The van der Waals surface area contributed by atoms with Gasteiger partial charge in [0, 0.05) is 18.6 Å². The molecular weight excluding hydrogens is 256 g/mol. The third kappa shape index (κ3) is 2.47. The van der Waals surface area contributed by atoms with Crippen LogP contribution in [0.2, 0.25) is 0 Å². The van der Waals surface area contributed by atoms with Gasteiger partial charge in [0.05, 0.1) is 0 Å². The van der Waals surface area contributed by atoms with Gasteiger partial charge in [-0.15, -0.1) is 0 Å². The van der Waals surface area contributed by atoms with Crippen molar-refractivity contribution in [3.8, 4) is 0 Å². The zero-order valence-corrected chi connectivity index (χ0v) is 14.1. The van der Waals surface area contributed by atoms with Gasteiger partial charge in [-0.3, -0.25) is 4.90 Å². The van der Waals surface area contributed by atoms with Gasteiger partial charge in [0.1, 0.15) is 0 Å². The maximum atomic E-state index is 6.87. The number of rotatable bonds is 4. The average Bonchev–Trinajstić information content (AvgIpc) is 2.85. The Kier molecular flexibility index (Phi) is 3.61. The van der Waals surface area contributed by atoms with Crippen molar-refractivity contribution in [2.45, 2.75) is 77.3 Å². The highest BCUT2D eigenvalue weighted by atomic mass is 15.2. The zero-order chi connectivity index (χ0) is 14.6. The quantitative estimate of drug-likeness (QED) is 0.856. The number of likely N-dealkylation sites (tertiary alicyclic amines) is 1. The van der Waals surface area contributed by atoms with Gasteiger partial charge in [-0.05, 0) is 87.0 Å². The van der Waals surface area contributed by atoms with Crippen molar-refractivity contribution in [1.82, 2.24) is 4.90 Å². The topological polar surface area (TPSA) is 29.3 Å². The van der Waals surface area contributed by atoms with Gasteiger partial charge in [0.2, 0.25) is 0 Å². The Hall–Kier alpha value is -0.0800. The van der Waals surface area contributed by atoms with E-state index >= 15 is 0 Å². The second-order valence-corrected chi connectivity index (χ2v) is 9.33. The Labute approximate surface area is 130 Å². The monoisotopic (exact) mass is 290 g/mol. The van der Waals surface area contributed by atoms with Gasteiger partial charge in [-0.1, -0.05) is 13.8 Å². The SMILES string of the molecule is CC(C)C1CCCN1CC(N)C12CC3CC(CC(C3)C1)C2. The van der Waals surface area contributed by atoms with Gasteiger partial charge in [-0.2, -0.15) is 0 Å². The molecule has 0 aromatic heterocycles. The van der Waals surface area contributed by atoms with Crippen LogP contribution in [0.3, 0.4) is 0 Å². The molecule has 2 heteroatoms. The van der Waals surface area contributed by atoms with Gasteiger partial charge in [-0.25, -0.2) is 0 Å². The van der Waals surface area contributed by atoms with E-state index in [9.17, 15) is 0 Å². The first-order chi connectivity index (χ1) is 10.1. The fourth-order valence-electron chi connectivity index (χ4n) is 6.91. The predicted octanol–water partition coefficient (Wildman–Crippen LogP) is 3.65. The van der Waals surface area contributed by atoms with Crippen LogP contribution in [0, 0.1) is 29.1 Å². The smallest absolute Gasteiger partial charge is 0.0225 e. The summed E-state index contributed by atoms with van der Waals surface area (Å²) in [5.74, 6) is 3.88. The summed E-state index contributed by atoms with van der Waals surface area (Å²) >= 11 is 0. The Balaban J connectivity index is 1.46. The molecule has 120 valence electrons. The Bertz CT molecular complexity index is 354. The highest BCUT2D eigenvalue weighted by Crippen LogP contribution is 2.61. The van der Waals surface area contributed by atoms with Crippen LogP contribution < -0.4 is 5.73 Å². The molecule has 0 spiro atoms. The third-order valence-electron chi connectivity index (χ3n) is 7.49. The third-order valence-corrected chi connectivity index (χ3v) is 7.49. The summed E-state index contributed by atoms with van der Waals surface area (Å²) in [6.45, 7) is 7.25. The van der Waals surface area contributed by atoms with Crippen molar-refractivity contribution in [2.24, 2.45) is 34.8 Å². The first-order valence-electron chi connectivity index (χ1n) is 9.55. The molecule has 5 rings (SSSR count). The van der Waals surface area contributed by atoms with E-state index in [2.05, 4.69) is 18.7 Å². The molecule has 5 fully saturated rings. The molecule has 1 heterocycles. The molecule has 1 aliphatic heterocycles. The minimum Gasteiger partial charge on any atom is -0.326 e. The van der Waals surface area contributed by atoms with Crippen molar-refractivity contribution in [3.63, 3.8) is 0 Å². The number of hydrogen-bond donors (Lipinski definition) is 1. The van der Waals surface area contributed by atoms with Crippen LogP contribution >= 0.6 is 0 Å². The molecule has 0 radical (unpaired) electrons. The van der Waals surface area contributed by atoms with Crippen LogP contribution in [0.5, 0.6) is 0 Å². The second-order valence-electron chi connectivity index (χ2n) is 9.33. The van der Waals surface area contributed by atoms with E-state index in [0.717, 1.165) is 29.7 Å². The predicted molar refractivity (Wildman–Crippen MR) is 88.0 cm³/mol. The lowest BCUT2D eigenvalue weighted by molar-refractivity contribution is -0.0725. The molecular formula is C19H34N2. The minimum absolute atomic E-state index is 0.435. The Morgan fingerprint density at radius 1 is 1.05 bits per heavy atom. The Morgan fingerprint density at radius 3 is 2.14 bits per heavy atom. The fourth-order valence-corrected chi connectivity index (χ4v) is 6.91. The van der Waals surface area contributed by atoms with Crippen LogP contribution in [-0.4, -0.2) is 30.1 Å². The summed E-state index contributed by atoms with van der Waals surface area (Å²) in [5.41, 5.74) is 7.40. The molecule has 5 aliphatic rings. The largest absolute Gasteiger partial charge is 0.326 e. The molecule has 4 saturated carbocycles. The summed E-state index contributed by atoms with van der Waals surface area (Å²) < 4.78 is 0. The molecule has 2 atom stereocenters. The van der Waals surface area contributed by atoms with Crippen LogP contribution in [0.25, 0.3) is 0 Å². The Morgan fingerprint density at radius 2 is 1.62 bits per heavy atom. The van der Waals surface area contributed by atoms with Crippen LogP contribution in [0.1, 0.15) is 65.2 Å². The highest BCUT2D eigenvalue weighted by molar-refractivity contribution is 5.06. The normalized spacial score (nSPS) is 47.4. The average molecular weight is 290 g/mol. The maximum absolute atomic E-state index is 6.87. The molecule has 21 heavy (non-hydrogen) atoms. The highest BCUT2D eigenvalue weighted by Gasteiger charge is 2.53.